The van der Waals surface area contributed by atoms with E-state index in [-0.39, 0.29) is 0 Å². The summed E-state index contributed by atoms with van der Waals surface area (Å²) >= 11 is 0. The molecule has 0 saturated heterocycles. The third-order valence-corrected chi connectivity index (χ3v) is 3.27. The van der Waals surface area contributed by atoms with Gasteiger partial charge in [-0.25, -0.2) is 15.0 Å². The number of rotatable bonds is 1. The van der Waals surface area contributed by atoms with Crippen molar-refractivity contribution >= 4 is 5.82 Å². The van der Waals surface area contributed by atoms with Crippen LogP contribution < -0.4 is 4.90 Å². The van der Waals surface area contributed by atoms with Gasteiger partial charge in [-0.2, -0.15) is 5.26 Å². The van der Waals surface area contributed by atoms with Gasteiger partial charge in [0.25, 0.3) is 0 Å². The lowest BCUT2D eigenvalue weighted by Gasteiger charge is -2.28. The minimum absolute atomic E-state index is 0.583. The number of fused-ring (bicyclic) bond motifs is 1. The van der Waals surface area contributed by atoms with E-state index in [0.29, 0.717) is 5.56 Å². The lowest BCUT2D eigenvalue weighted by molar-refractivity contribution is 0.689. The van der Waals surface area contributed by atoms with Gasteiger partial charge in [0.15, 0.2) is 0 Å². The quantitative estimate of drug-likeness (QED) is 0.770. The van der Waals surface area contributed by atoms with Crippen molar-refractivity contribution < 1.29 is 0 Å². The summed E-state index contributed by atoms with van der Waals surface area (Å²) in [7, 11) is 0. The first-order chi connectivity index (χ1) is 9.26. The Hall–Kier alpha value is -2.48. The molecule has 19 heavy (non-hydrogen) atoms. The predicted octanol–water partition coefficient (Wildman–Crippen LogP) is 1.61. The third-order valence-electron chi connectivity index (χ3n) is 3.27. The lowest BCUT2D eigenvalue weighted by atomic mass is 10.1. The molecule has 2 aromatic rings. The minimum atomic E-state index is 0.583. The number of hydrogen-bond donors (Lipinski definition) is 0. The maximum absolute atomic E-state index is 8.78. The fourth-order valence-corrected chi connectivity index (χ4v) is 2.24. The van der Waals surface area contributed by atoms with Gasteiger partial charge in [-0.15, -0.1) is 0 Å². The minimum Gasteiger partial charge on any atom is -0.350 e. The standard InChI is InChI=1S/C14H13N5/c1-10-16-8-12-4-5-19(9-13(12)18-10)14-3-2-11(6-15)7-17-14/h2-3,7-8H,4-5,9H2,1H3. The Kier molecular flexibility index (Phi) is 2.84. The van der Waals surface area contributed by atoms with Crippen LogP contribution in [0.5, 0.6) is 0 Å². The smallest absolute Gasteiger partial charge is 0.128 e. The van der Waals surface area contributed by atoms with Crippen molar-refractivity contribution in [2.24, 2.45) is 0 Å². The van der Waals surface area contributed by atoms with Gasteiger partial charge in [0.1, 0.15) is 17.7 Å². The number of hydrogen-bond acceptors (Lipinski definition) is 5. The molecule has 0 amide bonds. The molecule has 0 atom stereocenters. The summed E-state index contributed by atoms with van der Waals surface area (Å²) in [6.07, 6.45) is 4.45. The normalized spacial score (nSPS) is 13.8. The number of nitrogens with zero attached hydrogens (tertiary/aromatic N) is 5. The van der Waals surface area contributed by atoms with Crippen LogP contribution in [-0.2, 0) is 13.0 Å². The summed E-state index contributed by atoms with van der Waals surface area (Å²) in [4.78, 5) is 15.2. The molecule has 3 rings (SSSR count). The van der Waals surface area contributed by atoms with Gasteiger partial charge in [0.05, 0.1) is 17.8 Å². The molecule has 0 saturated carbocycles. The summed E-state index contributed by atoms with van der Waals surface area (Å²) in [5, 5.41) is 8.78. The molecule has 5 heteroatoms. The highest BCUT2D eigenvalue weighted by Gasteiger charge is 2.18. The topological polar surface area (TPSA) is 65.7 Å². The highest BCUT2D eigenvalue weighted by atomic mass is 15.2. The summed E-state index contributed by atoms with van der Waals surface area (Å²) in [6, 6.07) is 5.76. The Morgan fingerprint density at radius 3 is 2.89 bits per heavy atom. The van der Waals surface area contributed by atoms with Gasteiger partial charge in [0, 0.05) is 18.9 Å². The summed E-state index contributed by atoms with van der Waals surface area (Å²) in [5.74, 6) is 1.69. The van der Waals surface area contributed by atoms with Gasteiger partial charge in [-0.1, -0.05) is 0 Å². The predicted molar refractivity (Wildman–Crippen MR) is 70.5 cm³/mol. The highest BCUT2D eigenvalue weighted by Crippen LogP contribution is 2.21. The average Bonchev–Trinajstić information content (AvgIpc) is 2.46. The maximum atomic E-state index is 8.78. The van der Waals surface area contributed by atoms with Gasteiger partial charge >= 0.3 is 0 Å². The first kappa shape index (κ1) is 11.6. The molecule has 0 aliphatic carbocycles. The average molecular weight is 251 g/mol. The van der Waals surface area contributed by atoms with E-state index in [4.69, 9.17) is 5.26 Å². The van der Waals surface area contributed by atoms with Crippen molar-refractivity contribution in [1.82, 2.24) is 15.0 Å². The van der Waals surface area contributed by atoms with Crippen molar-refractivity contribution in [3.05, 3.63) is 47.2 Å². The van der Waals surface area contributed by atoms with Crippen molar-refractivity contribution in [3.63, 3.8) is 0 Å². The summed E-state index contributed by atoms with van der Waals surface area (Å²) < 4.78 is 0. The molecule has 5 nitrogen and oxygen atoms in total. The number of aryl methyl sites for hydroxylation is 1. The number of nitriles is 1. The fourth-order valence-electron chi connectivity index (χ4n) is 2.24. The van der Waals surface area contributed by atoms with E-state index in [0.717, 1.165) is 36.8 Å². The Morgan fingerprint density at radius 2 is 2.16 bits per heavy atom. The molecular formula is C14H13N5. The second kappa shape index (κ2) is 4.65. The largest absolute Gasteiger partial charge is 0.350 e. The Bertz CT molecular complexity index is 642. The van der Waals surface area contributed by atoms with Crippen molar-refractivity contribution in [3.8, 4) is 6.07 Å². The number of pyridine rings is 1. The second-order valence-electron chi connectivity index (χ2n) is 4.58. The number of aromatic nitrogens is 3. The van der Waals surface area contributed by atoms with Crippen molar-refractivity contribution in [1.29, 1.82) is 5.26 Å². The molecule has 0 spiro atoms. The molecule has 0 fully saturated rings. The SMILES string of the molecule is Cc1ncc2c(n1)CN(c1ccc(C#N)cn1)CC2. The molecule has 0 aromatic carbocycles. The Balaban J connectivity index is 1.86. The van der Waals surface area contributed by atoms with Crippen LogP contribution in [0.25, 0.3) is 0 Å². The van der Waals surface area contributed by atoms with Crippen LogP contribution in [0.2, 0.25) is 0 Å². The maximum Gasteiger partial charge on any atom is 0.128 e. The van der Waals surface area contributed by atoms with Gasteiger partial charge < -0.3 is 4.90 Å². The zero-order chi connectivity index (χ0) is 13.2. The van der Waals surface area contributed by atoms with E-state index in [1.54, 1.807) is 12.3 Å². The van der Waals surface area contributed by atoms with E-state index < -0.39 is 0 Å². The first-order valence-electron chi connectivity index (χ1n) is 6.19. The first-order valence-corrected chi connectivity index (χ1v) is 6.19. The molecule has 0 bridgehead atoms. The Morgan fingerprint density at radius 1 is 1.26 bits per heavy atom. The highest BCUT2D eigenvalue weighted by molar-refractivity contribution is 5.44. The molecule has 0 radical (unpaired) electrons. The van der Waals surface area contributed by atoms with E-state index in [9.17, 15) is 0 Å². The monoisotopic (exact) mass is 251 g/mol. The fraction of sp³-hybridized carbons (Fsp3) is 0.286. The van der Waals surface area contributed by atoms with E-state index in [1.165, 1.54) is 5.56 Å². The summed E-state index contributed by atoms with van der Waals surface area (Å²) in [5.41, 5.74) is 2.87. The third kappa shape index (κ3) is 2.25. The second-order valence-corrected chi connectivity index (χ2v) is 4.58. The molecule has 0 N–H and O–H groups in total. The number of anilines is 1. The van der Waals surface area contributed by atoms with Gasteiger partial charge in [0.2, 0.25) is 0 Å². The molecular weight excluding hydrogens is 238 g/mol. The molecule has 1 aliphatic heterocycles. The van der Waals surface area contributed by atoms with Crippen molar-refractivity contribution in [2.75, 3.05) is 11.4 Å². The molecule has 1 aliphatic rings. The molecule has 2 aromatic heterocycles. The van der Waals surface area contributed by atoms with Crippen LogP contribution in [0.4, 0.5) is 5.82 Å². The van der Waals surface area contributed by atoms with E-state index in [1.807, 2.05) is 19.2 Å². The van der Waals surface area contributed by atoms with Crippen LogP contribution in [0.1, 0.15) is 22.6 Å². The van der Waals surface area contributed by atoms with Crippen LogP contribution >= 0.6 is 0 Å². The van der Waals surface area contributed by atoms with Crippen LogP contribution in [-0.4, -0.2) is 21.5 Å². The van der Waals surface area contributed by atoms with Gasteiger partial charge in [-0.05, 0) is 31.0 Å². The molecule has 3 heterocycles. The zero-order valence-electron chi connectivity index (χ0n) is 10.7. The molecule has 0 unspecified atom stereocenters. The van der Waals surface area contributed by atoms with Crippen LogP contribution in [0.3, 0.4) is 0 Å². The van der Waals surface area contributed by atoms with E-state index >= 15 is 0 Å². The van der Waals surface area contributed by atoms with E-state index in [2.05, 4.69) is 25.9 Å². The van der Waals surface area contributed by atoms with Crippen LogP contribution in [0.15, 0.2) is 24.5 Å². The zero-order valence-corrected chi connectivity index (χ0v) is 10.7. The van der Waals surface area contributed by atoms with Gasteiger partial charge in [-0.3, -0.25) is 0 Å². The van der Waals surface area contributed by atoms with Crippen LogP contribution in [0, 0.1) is 18.3 Å². The Labute approximate surface area is 111 Å². The lowest BCUT2D eigenvalue weighted by Crippen LogP contribution is -2.32. The van der Waals surface area contributed by atoms with Crippen molar-refractivity contribution in [2.45, 2.75) is 19.9 Å². The molecule has 94 valence electrons. The summed E-state index contributed by atoms with van der Waals surface area (Å²) in [6.45, 7) is 3.55.